The molecule has 1 heterocycles. The molecule has 1 aromatic carbocycles. The monoisotopic (exact) mass is 351 g/mol. The zero-order valence-electron chi connectivity index (χ0n) is 10.7. The highest BCUT2D eigenvalue weighted by atomic mass is 79.9. The number of halogens is 1. The molecule has 7 heteroatoms. The van der Waals surface area contributed by atoms with Gasteiger partial charge in [-0.2, -0.15) is 10.4 Å². The van der Waals surface area contributed by atoms with Gasteiger partial charge in [-0.15, -0.1) is 0 Å². The molecular weight excluding hydrogens is 342 g/mol. The van der Waals surface area contributed by atoms with E-state index in [1.807, 2.05) is 0 Å². The van der Waals surface area contributed by atoms with Crippen molar-refractivity contribution in [1.82, 2.24) is 9.78 Å². The summed E-state index contributed by atoms with van der Waals surface area (Å²) >= 11 is 4.55. The van der Waals surface area contributed by atoms with Crippen molar-refractivity contribution in [2.45, 2.75) is 16.8 Å². The number of aromatic carboxylic acids is 1. The summed E-state index contributed by atoms with van der Waals surface area (Å²) < 4.78 is 2.37. The lowest BCUT2D eigenvalue weighted by Crippen LogP contribution is -2.00. The van der Waals surface area contributed by atoms with Gasteiger partial charge in [-0.25, -0.2) is 4.79 Å². The zero-order chi connectivity index (χ0) is 14.9. The second-order valence-electron chi connectivity index (χ2n) is 4.05. The molecule has 1 N–H and O–H groups in total. The fourth-order valence-corrected chi connectivity index (χ4v) is 3.38. The van der Waals surface area contributed by atoms with Crippen LogP contribution in [-0.4, -0.2) is 20.9 Å². The van der Waals surface area contributed by atoms with E-state index in [1.165, 1.54) is 17.8 Å². The topological polar surface area (TPSA) is 78.9 Å². The molecule has 2 rings (SSSR count). The number of hydrogen-bond acceptors (Lipinski definition) is 4. The number of carbonyl (C=O) groups is 1. The summed E-state index contributed by atoms with van der Waals surface area (Å²) in [5, 5.41) is 23.2. The van der Waals surface area contributed by atoms with Crippen molar-refractivity contribution in [1.29, 1.82) is 5.26 Å². The van der Waals surface area contributed by atoms with Crippen LogP contribution in [0.15, 0.2) is 32.6 Å². The lowest BCUT2D eigenvalue weighted by Gasteiger charge is -2.07. The molecule has 0 unspecified atom stereocenters. The number of carboxylic acids is 1. The number of benzene rings is 1. The maximum atomic E-state index is 11.3. The lowest BCUT2D eigenvalue weighted by atomic mass is 10.2. The Morgan fingerprint density at radius 2 is 2.25 bits per heavy atom. The van der Waals surface area contributed by atoms with Gasteiger partial charge in [-0.1, -0.05) is 27.7 Å². The fraction of sp³-hybridized carbons (Fsp3) is 0.154. The van der Waals surface area contributed by atoms with Crippen LogP contribution < -0.4 is 0 Å². The second-order valence-corrected chi connectivity index (χ2v) is 5.99. The smallest absolute Gasteiger partial charge is 0.336 e. The van der Waals surface area contributed by atoms with Crippen molar-refractivity contribution in [3.05, 3.63) is 39.5 Å². The summed E-state index contributed by atoms with van der Waals surface area (Å²) in [7, 11) is 1.73. The molecule has 0 aliphatic rings. The third-order valence-electron chi connectivity index (χ3n) is 2.66. The third kappa shape index (κ3) is 2.71. The summed E-state index contributed by atoms with van der Waals surface area (Å²) in [5.74, 6) is -1.00. The first-order chi connectivity index (χ1) is 9.43. The van der Waals surface area contributed by atoms with Gasteiger partial charge in [-0.05, 0) is 25.1 Å². The van der Waals surface area contributed by atoms with Gasteiger partial charge in [0.15, 0.2) is 0 Å². The third-order valence-corrected chi connectivity index (χ3v) is 4.37. The molecule has 5 nitrogen and oxygen atoms in total. The molecule has 0 atom stereocenters. The molecule has 1 aromatic heterocycles. The summed E-state index contributed by atoms with van der Waals surface area (Å²) in [6.07, 6.45) is 0. The van der Waals surface area contributed by atoms with E-state index in [1.54, 1.807) is 30.8 Å². The van der Waals surface area contributed by atoms with Crippen LogP contribution in [0.5, 0.6) is 0 Å². The Morgan fingerprint density at radius 3 is 2.85 bits per heavy atom. The van der Waals surface area contributed by atoms with Crippen LogP contribution in [0, 0.1) is 18.3 Å². The molecule has 0 saturated heterocycles. The molecule has 0 radical (unpaired) electrons. The minimum Gasteiger partial charge on any atom is -0.478 e. The standard InChI is InChI=1S/C13H10BrN3O2S/c1-7-10(6-15)12(17(2)16-7)20-11-5-8(14)3-4-9(11)13(18)19/h3-5H,1-2H3,(H,18,19). The van der Waals surface area contributed by atoms with E-state index >= 15 is 0 Å². The van der Waals surface area contributed by atoms with Crippen LogP contribution >= 0.6 is 27.7 Å². The Balaban J connectivity index is 2.53. The molecule has 0 saturated carbocycles. The first kappa shape index (κ1) is 14.6. The van der Waals surface area contributed by atoms with Gasteiger partial charge >= 0.3 is 5.97 Å². The van der Waals surface area contributed by atoms with E-state index in [9.17, 15) is 15.2 Å². The molecule has 0 bridgehead atoms. The molecule has 0 aliphatic carbocycles. The first-order valence-corrected chi connectivity index (χ1v) is 7.19. The van der Waals surface area contributed by atoms with Crippen molar-refractivity contribution < 1.29 is 9.90 Å². The van der Waals surface area contributed by atoms with Crippen molar-refractivity contribution >= 4 is 33.7 Å². The van der Waals surface area contributed by atoms with E-state index in [4.69, 9.17) is 0 Å². The molecule has 102 valence electrons. The Morgan fingerprint density at radius 1 is 1.55 bits per heavy atom. The first-order valence-electron chi connectivity index (χ1n) is 5.58. The average Bonchev–Trinajstić information content (AvgIpc) is 2.63. The minimum atomic E-state index is -1.00. The number of nitriles is 1. The normalized spacial score (nSPS) is 10.3. The molecule has 20 heavy (non-hydrogen) atoms. The van der Waals surface area contributed by atoms with Gasteiger partial charge in [0, 0.05) is 16.4 Å². The Labute approximate surface area is 128 Å². The predicted molar refractivity (Wildman–Crippen MR) is 77.9 cm³/mol. The van der Waals surface area contributed by atoms with Gasteiger partial charge < -0.3 is 5.11 Å². The van der Waals surface area contributed by atoms with Crippen LogP contribution in [0.25, 0.3) is 0 Å². The predicted octanol–water partition coefficient (Wildman–Crippen LogP) is 3.21. The minimum absolute atomic E-state index is 0.195. The highest BCUT2D eigenvalue weighted by Gasteiger charge is 2.18. The molecule has 0 aliphatic heterocycles. The van der Waals surface area contributed by atoms with Gasteiger partial charge in [-0.3, -0.25) is 4.68 Å². The van der Waals surface area contributed by atoms with Crippen LogP contribution in [0.3, 0.4) is 0 Å². The van der Waals surface area contributed by atoms with Crippen molar-refractivity contribution in [3.63, 3.8) is 0 Å². The largest absolute Gasteiger partial charge is 0.478 e. The van der Waals surface area contributed by atoms with E-state index < -0.39 is 5.97 Å². The molecule has 0 amide bonds. The van der Waals surface area contributed by atoms with E-state index in [2.05, 4.69) is 27.1 Å². The van der Waals surface area contributed by atoms with E-state index in [0.717, 1.165) is 4.47 Å². The summed E-state index contributed by atoms with van der Waals surface area (Å²) in [4.78, 5) is 11.8. The summed E-state index contributed by atoms with van der Waals surface area (Å²) in [6.45, 7) is 1.75. The van der Waals surface area contributed by atoms with E-state index in [-0.39, 0.29) is 5.56 Å². The van der Waals surface area contributed by atoms with Crippen LogP contribution in [-0.2, 0) is 7.05 Å². The fourth-order valence-electron chi connectivity index (χ4n) is 1.74. The van der Waals surface area contributed by atoms with Crippen molar-refractivity contribution in [2.75, 3.05) is 0 Å². The Hall–Kier alpha value is -1.78. The van der Waals surface area contributed by atoms with Gasteiger partial charge in [0.25, 0.3) is 0 Å². The maximum Gasteiger partial charge on any atom is 0.336 e. The molecule has 0 spiro atoms. The van der Waals surface area contributed by atoms with Crippen LogP contribution in [0.2, 0.25) is 0 Å². The highest BCUT2D eigenvalue weighted by Crippen LogP contribution is 2.35. The Kier molecular flexibility index (Phi) is 4.16. The second kappa shape index (κ2) is 5.69. The average molecular weight is 352 g/mol. The number of aromatic nitrogens is 2. The van der Waals surface area contributed by atoms with Crippen LogP contribution in [0.1, 0.15) is 21.6 Å². The van der Waals surface area contributed by atoms with Crippen LogP contribution in [0.4, 0.5) is 0 Å². The van der Waals surface area contributed by atoms with Gasteiger partial charge in [0.05, 0.1) is 11.3 Å². The van der Waals surface area contributed by atoms with Gasteiger partial charge in [0.2, 0.25) is 0 Å². The molecule has 2 aromatic rings. The number of carboxylic acid groups (broad SMARTS) is 1. The molecular formula is C13H10BrN3O2S. The lowest BCUT2D eigenvalue weighted by molar-refractivity contribution is 0.0693. The quantitative estimate of drug-likeness (QED) is 0.918. The maximum absolute atomic E-state index is 11.3. The number of nitrogens with zero attached hydrogens (tertiary/aromatic N) is 3. The van der Waals surface area contributed by atoms with E-state index in [0.29, 0.717) is 21.2 Å². The molecule has 0 fully saturated rings. The summed E-state index contributed by atoms with van der Waals surface area (Å²) in [5.41, 5.74) is 1.29. The number of hydrogen-bond donors (Lipinski definition) is 1. The van der Waals surface area contributed by atoms with Crippen molar-refractivity contribution in [3.8, 4) is 6.07 Å². The number of rotatable bonds is 3. The SMILES string of the molecule is Cc1nn(C)c(Sc2cc(Br)ccc2C(=O)O)c1C#N. The van der Waals surface area contributed by atoms with Crippen molar-refractivity contribution in [2.24, 2.45) is 7.05 Å². The zero-order valence-corrected chi connectivity index (χ0v) is 13.1. The number of aryl methyl sites for hydroxylation is 2. The van der Waals surface area contributed by atoms with Gasteiger partial charge in [0.1, 0.15) is 16.7 Å². The summed E-state index contributed by atoms with van der Waals surface area (Å²) in [6, 6.07) is 7.03. The highest BCUT2D eigenvalue weighted by molar-refractivity contribution is 9.10. The Bertz CT molecular complexity index is 734.